The highest BCUT2D eigenvalue weighted by Crippen LogP contribution is 2.16. The first-order chi connectivity index (χ1) is 12.0. The Kier molecular flexibility index (Phi) is 8.84. The molecule has 0 aliphatic heterocycles. The van der Waals surface area contributed by atoms with Gasteiger partial charge in [-0.05, 0) is 31.2 Å². The van der Waals surface area contributed by atoms with Crippen molar-refractivity contribution in [2.24, 2.45) is 0 Å². The molecule has 1 aromatic rings. The summed E-state index contributed by atoms with van der Waals surface area (Å²) in [6.07, 6.45) is 0.116. The van der Waals surface area contributed by atoms with Crippen molar-refractivity contribution in [1.29, 1.82) is 0 Å². The fourth-order valence-corrected chi connectivity index (χ4v) is 1.80. The zero-order valence-electron chi connectivity index (χ0n) is 14.7. The average Bonchev–Trinajstić information content (AvgIpc) is 2.63. The molecule has 1 N–H and O–H groups in total. The van der Waals surface area contributed by atoms with Crippen molar-refractivity contribution in [3.8, 4) is 11.5 Å². The van der Waals surface area contributed by atoms with E-state index < -0.39 is 5.91 Å². The zero-order chi connectivity index (χ0) is 18.7. The van der Waals surface area contributed by atoms with Crippen LogP contribution in [-0.4, -0.2) is 63.1 Å². The Labute approximate surface area is 147 Å². The van der Waals surface area contributed by atoms with Gasteiger partial charge >= 0.3 is 5.97 Å². The number of likely N-dealkylation sites (N-methyl/N-ethyl adjacent to an activating group) is 1. The zero-order valence-corrected chi connectivity index (χ0v) is 14.7. The number of methoxy groups -OCH3 is 1. The molecule has 0 fully saturated rings. The van der Waals surface area contributed by atoms with Gasteiger partial charge in [-0.25, -0.2) is 0 Å². The predicted octanol–water partition coefficient (Wildman–Crippen LogP) is 0.602. The van der Waals surface area contributed by atoms with E-state index >= 15 is 0 Å². The van der Waals surface area contributed by atoms with E-state index in [0.717, 1.165) is 0 Å². The smallest absolute Gasteiger partial charge is 0.307 e. The van der Waals surface area contributed by atoms with Gasteiger partial charge in [0.05, 0.1) is 26.7 Å². The molecule has 25 heavy (non-hydrogen) atoms. The third-order valence-corrected chi connectivity index (χ3v) is 3.25. The fraction of sp³-hybridized carbons (Fsp3) is 0.471. The maximum atomic E-state index is 11.9. The number of hydrogen-bond donors (Lipinski definition) is 1. The van der Waals surface area contributed by atoms with Crippen LogP contribution in [0.4, 0.5) is 0 Å². The quantitative estimate of drug-likeness (QED) is 0.620. The van der Waals surface area contributed by atoms with Crippen LogP contribution in [0.15, 0.2) is 24.3 Å². The Hall–Kier alpha value is -2.77. The summed E-state index contributed by atoms with van der Waals surface area (Å²) >= 11 is 0. The second-order valence-electron chi connectivity index (χ2n) is 5.11. The molecule has 0 atom stereocenters. The van der Waals surface area contributed by atoms with Crippen molar-refractivity contribution >= 4 is 17.8 Å². The van der Waals surface area contributed by atoms with E-state index in [1.807, 2.05) is 0 Å². The number of benzene rings is 1. The molecule has 0 saturated heterocycles. The van der Waals surface area contributed by atoms with Gasteiger partial charge in [-0.3, -0.25) is 14.4 Å². The summed E-state index contributed by atoms with van der Waals surface area (Å²) in [6, 6.07) is 6.80. The monoisotopic (exact) mass is 352 g/mol. The number of esters is 1. The molecule has 0 aliphatic rings. The molecular weight excluding hydrogens is 328 g/mol. The summed E-state index contributed by atoms with van der Waals surface area (Å²) in [5.74, 6) is 0.131. The van der Waals surface area contributed by atoms with Crippen LogP contribution in [0, 0.1) is 0 Å². The lowest BCUT2D eigenvalue weighted by molar-refractivity contribution is -0.144. The van der Waals surface area contributed by atoms with Gasteiger partial charge in [0.25, 0.3) is 5.91 Å². The second-order valence-corrected chi connectivity index (χ2v) is 5.11. The number of rotatable bonds is 10. The van der Waals surface area contributed by atoms with Crippen molar-refractivity contribution < 1.29 is 28.6 Å². The molecule has 0 aliphatic carbocycles. The lowest BCUT2D eigenvalue weighted by atomic mass is 10.3. The highest BCUT2D eigenvalue weighted by atomic mass is 16.5. The van der Waals surface area contributed by atoms with Crippen LogP contribution in [0.25, 0.3) is 0 Å². The molecule has 0 heterocycles. The number of hydrogen-bond acceptors (Lipinski definition) is 6. The van der Waals surface area contributed by atoms with Crippen LogP contribution >= 0.6 is 0 Å². The standard InChI is InChI=1S/C17H24N2O6/c1-4-24-17(22)9-10-19(2)16(21)11-18-15(20)12-25-14-7-5-13(23-3)6-8-14/h5-8H,4,9-12H2,1-3H3,(H,18,20). The van der Waals surface area contributed by atoms with Gasteiger partial charge in [0.1, 0.15) is 11.5 Å². The van der Waals surface area contributed by atoms with E-state index in [1.54, 1.807) is 45.3 Å². The average molecular weight is 352 g/mol. The molecule has 2 amide bonds. The topological polar surface area (TPSA) is 94.2 Å². The molecule has 0 radical (unpaired) electrons. The van der Waals surface area contributed by atoms with Crippen LogP contribution in [-0.2, 0) is 19.1 Å². The Balaban J connectivity index is 2.25. The van der Waals surface area contributed by atoms with Crippen molar-refractivity contribution in [2.45, 2.75) is 13.3 Å². The number of carbonyl (C=O) groups is 3. The van der Waals surface area contributed by atoms with E-state index in [0.29, 0.717) is 18.1 Å². The highest BCUT2D eigenvalue weighted by molar-refractivity contribution is 5.85. The Morgan fingerprint density at radius 1 is 1.12 bits per heavy atom. The molecule has 0 spiro atoms. The highest BCUT2D eigenvalue weighted by Gasteiger charge is 2.12. The summed E-state index contributed by atoms with van der Waals surface area (Å²) in [7, 11) is 3.12. The predicted molar refractivity (Wildman–Crippen MR) is 90.4 cm³/mol. The van der Waals surface area contributed by atoms with Crippen molar-refractivity contribution in [1.82, 2.24) is 10.2 Å². The Morgan fingerprint density at radius 2 is 1.76 bits per heavy atom. The third-order valence-electron chi connectivity index (χ3n) is 3.25. The van der Waals surface area contributed by atoms with Crippen LogP contribution < -0.4 is 14.8 Å². The molecule has 8 nitrogen and oxygen atoms in total. The first-order valence-electron chi connectivity index (χ1n) is 7.89. The molecule has 0 saturated carbocycles. The number of carbonyl (C=O) groups excluding carboxylic acids is 3. The van der Waals surface area contributed by atoms with Gasteiger partial charge in [0, 0.05) is 13.6 Å². The van der Waals surface area contributed by atoms with Crippen LogP contribution in [0.5, 0.6) is 11.5 Å². The molecule has 138 valence electrons. The first-order valence-corrected chi connectivity index (χ1v) is 7.89. The van der Waals surface area contributed by atoms with Gasteiger partial charge in [0.15, 0.2) is 6.61 Å². The minimum absolute atomic E-state index is 0.116. The van der Waals surface area contributed by atoms with E-state index in [9.17, 15) is 14.4 Å². The lowest BCUT2D eigenvalue weighted by Crippen LogP contribution is -2.40. The largest absolute Gasteiger partial charge is 0.497 e. The van der Waals surface area contributed by atoms with Gasteiger partial charge in [0.2, 0.25) is 5.91 Å². The van der Waals surface area contributed by atoms with Crippen LogP contribution in [0.3, 0.4) is 0 Å². The molecule has 8 heteroatoms. The normalized spacial score (nSPS) is 9.88. The number of ether oxygens (including phenoxy) is 3. The minimum atomic E-state index is -0.414. The van der Waals surface area contributed by atoms with Gasteiger partial charge in [-0.15, -0.1) is 0 Å². The Bertz CT molecular complexity index is 573. The molecule has 1 aromatic carbocycles. The van der Waals surface area contributed by atoms with Crippen molar-refractivity contribution in [3.63, 3.8) is 0 Å². The van der Waals surface area contributed by atoms with E-state index in [4.69, 9.17) is 14.2 Å². The molecule has 0 unspecified atom stereocenters. The van der Waals surface area contributed by atoms with E-state index in [-0.39, 0.29) is 38.0 Å². The summed E-state index contributed by atoms with van der Waals surface area (Å²) < 4.78 is 15.1. The van der Waals surface area contributed by atoms with Crippen LogP contribution in [0.1, 0.15) is 13.3 Å². The van der Waals surface area contributed by atoms with E-state index in [2.05, 4.69) is 5.32 Å². The van der Waals surface area contributed by atoms with Gasteiger partial charge < -0.3 is 24.4 Å². The van der Waals surface area contributed by atoms with Crippen LogP contribution in [0.2, 0.25) is 0 Å². The molecule has 0 bridgehead atoms. The molecule has 0 aromatic heterocycles. The number of nitrogens with zero attached hydrogens (tertiary/aromatic N) is 1. The number of amides is 2. The fourth-order valence-electron chi connectivity index (χ4n) is 1.80. The van der Waals surface area contributed by atoms with Crippen molar-refractivity contribution in [2.75, 3.05) is 40.5 Å². The summed E-state index contributed by atoms with van der Waals surface area (Å²) in [6.45, 7) is 1.89. The summed E-state index contributed by atoms with van der Waals surface area (Å²) in [5, 5.41) is 2.47. The summed E-state index contributed by atoms with van der Waals surface area (Å²) in [5.41, 5.74) is 0. The summed E-state index contributed by atoms with van der Waals surface area (Å²) in [4.78, 5) is 36.2. The molecule has 1 rings (SSSR count). The lowest BCUT2D eigenvalue weighted by Gasteiger charge is -2.17. The second kappa shape index (κ2) is 10.9. The van der Waals surface area contributed by atoms with Gasteiger partial charge in [-0.1, -0.05) is 0 Å². The van der Waals surface area contributed by atoms with Crippen molar-refractivity contribution in [3.05, 3.63) is 24.3 Å². The third kappa shape index (κ3) is 8.05. The first kappa shape index (κ1) is 20.3. The maximum Gasteiger partial charge on any atom is 0.307 e. The maximum absolute atomic E-state index is 11.9. The Morgan fingerprint density at radius 3 is 2.36 bits per heavy atom. The number of nitrogens with one attached hydrogen (secondary N) is 1. The SMILES string of the molecule is CCOC(=O)CCN(C)C(=O)CNC(=O)COc1ccc(OC)cc1. The van der Waals surface area contributed by atoms with E-state index in [1.165, 1.54) is 4.90 Å². The minimum Gasteiger partial charge on any atom is -0.497 e. The van der Waals surface area contributed by atoms with Gasteiger partial charge in [-0.2, -0.15) is 0 Å². The molecular formula is C17H24N2O6.